The van der Waals surface area contributed by atoms with E-state index in [1.807, 2.05) is 36.0 Å². The SMILES string of the molecule is CN(CCn1nc(I)c2c(N)ncnc21)c1ccc(Cl)cc1. The summed E-state index contributed by atoms with van der Waals surface area (Å²) >= 11 is 8.07. The number of hydrogen-bond acceptors (Lipinski definition) is 5. The first-order valence-electron chi connectivity index (χ1n) is 6.65. The van der Waals surface area contributed by atoms with Crippen LogP contribution in [0.5, 0.6) is 0 Å². The van der Waals surface area contributed by atoms with Crippen molar-refractivity contribution in [2.24, 2.45) is 0 Å². The lowest BCUT2D eigenvalue weighted by Gasteiger charge is -2.19. The molecule has 0 radical (unpaired) electrons. The summed E-state index contributed by atoms with van der Waals surface area (Å²) < 4.78 is 2.68. The van der Waals surface area contributed by atoms with Crippen molar-refractivity contribution >= 4 is 56.7 Å². The van der Waals surface area contributed by atoms with Crippen LogP contribution in [-0.4, -0.2) is 33.3 Å². The van der Waals surface area contributed by atoms with Gasteiger partial charge < -0.3 is 10.6 Å². The molecule has 3 rings (SSSR count). The molecule has 0 atom stereocenters. The second-order valence-electron chi connectivity index (χ2n) is 4.87. The van der Waals surface area contributed by atoms with Gasteiger partial charge in [0.25, 0.3) is 0 Å². The molecule has 3 aromatic rings. The number of nitrogens with two attached hydrogens (primary N) is 1. The summed E-state index contributed by atoms with van der Waals surface area (Å²) in [6, 6.07) is 7.75. The molecule has 114 valence electrons. The van der Waals surface area contributed by atoms with Crippen molar-refractivity contribution in [2.45, 2.75) is 6.54 Å². The van der Waals surface area contributed by atoms with E-state index in [4.69, 9.17) is 17.3 Å². The first-order chi connectivity index (χ1) is 10.6. The number of fused-ring (bicyclic) bond motifs is 1. The van der Waals surface area contributed by atoms with E-state index in [1.54, 1.807) is 0 Å². The average molecular weight is 429 g/mol. The van der Waals surface area contributed by atoms with Gasteiger partial charge in [-0.25, -0.2) is 14.6 Å². The molecule has 0 spiro atoms. The second-order valence-corrected chi connectivity index (χ2v) is 6.33. The number of anilines is 2. The van der Waals surface area contributed by atoms with Gasteiger partial charge in [-0.2, -0.15) is 5.10 Å². The zero-order valence-corrected chi connectivity index (χ0v) is 14.8. The molecule has 0 fully saturated rings. The fourth-order valence-corrected chi connectivity index (χ4v) is 3.12. The molecule has 0 aliphatic rings. The Labute approximate surface area is 146 Å². The third-order valence-corrected chi connectivity index (χ3v) is 4.44. The van der Waals surface area contributed by atoms with Crippen LogP contribution in [0.1, 0.15) is 0 Å². The van der Waals surface area contributed by atoms with Crippen LogP contribution in [0.15, 0.2) is 30.6 Å². The van der Waals surface area contributed by atoms with Gasteiger partial charge in [-0.15, -0.1) is 0 Å². The number of nitrogen functional groups attached to an aromatic ring is 1. The number of halogens is 2. The van der Waals surface area contributed by atoms with E-state index in [0.29, 0.717) is 12.4 Å². The summed E-state index contributed by atoms with van der Waals surface area (Å²) in [5.41, 5.74) is 7.77. The Morgan fingerprint density at radius 1 is 1.27 bits per heavy atom. The van der Waals surface area contributed by atoms with Crippen LogP contribution in [0.2, 0.25) is 5.02 Å². The first kappa shape index (κ1) is 15.3. The Morgan fingerprint density at radius 3 is 2.73 bits per heavy atom. The second kappa shape index (κ2) is 6.25. The topological polar surface area (TPSA) is 72.9 Å². The highest BCUT2D eigenvalue weighted by molar-refractivity contribution is 14.1. The van der Waals surface area contributed by atoms with Crippen LogP contribution < -0.4 is 10.6 Å². The number of nitrogens with zero attached hydrogens (tertiary/aromatic N) is 5. The van der Waals surface area contributed by atoms with Crippen LogP contribution in [0.3, 0.4) is 0 Å². The number of hydrogen-bond donors (Lipinski definition) is 1. The molecule has 0 unspecified atom stereocenters. The summed E-state index contributed by atoms with van der Waals surface area (Å²) in [6.07, 6.45) is 1.47. The minimum Gasteiger partial charge on any atom is -0.383 e. The minimum absolute atomic E-state index is 0.465. The van der Waals surface area contributed by atoms with Crippen molar-refractivity contribution in [3.05, 3.63) is 39.3 Å². The Hall–Kier alpha value is -1.61. The summed E-state index contributed by atoms with van der Waals surface area (Å²) in [5.74, 6) is 0.465. The van der Waals surface area contributed by atoms with Crippen LogP contribution in [0.4, 0.5) is 11.5 Å². The highest BCUT2D eigenvalue weighted by Gasteiger charge is 2.13. The molecule has 22 heavy (non-hydrogen) atoms. The molecule has 0 saturated carbocycles. The Bertz CT molecular complexity index is 801. The van der Waals surface area contributed by atoms with Gasteiger partial charge in [0.1, 0.15) is 15.8 Å². The lowest BCUT2D eigenvalue weighted by atomic mass is 10.3. The molecule has 0 aliphatic carbocycles. The third kappa shape index (κ3) is 2.95. The smallest absolute Gasteiger partial charge is 0.164 e. The summed E-state index contributed by atoms with van der Waals surface area (Å²) in [4.78, 5) is 10.5. The standard InChI is InChI=1S/C14H14ClIN6/c1-21(10-4-2-9(15)3-5-10)6-7-22-14-11(12(16)20-22)13(17)18-8-19-14/h2-5,8H,6-7H2,1H3,(H2,17,18,19). The van der Waals surface area contributed by atoms with Gasteiger partial charge in [0.05, 0.1) is 11.9 Å². The Kier molecular flexibility index (Phi) is 4.34. The number of aromatic nitrogens is 4. The molecular weight excluding hydrogens is 415 g/mol. The van der Waals surface area contributed by atoms with Crippen LogP contribution in [-0.2, 0) is 6.54 Å². The molecule has 0 saturated heterocycles. The first-order valence-corrected chi connectivity index (χ1v) is 8.11. The highest BCUT2D eigenvalue weighted by Crippen LogP contribution is 2.22. The van der Waals surface area contributed by atoms with E-state index in [-0.39, 0.29) is 0 Å². The number of likely N-dealkylation sites (N-methyl/N-ethyl adjacent to an activating group) is 1. The molecule has 0 aliphatic heterocycles. The van der Waals surface area contributed by atoms with Gasteiger partial charge >= 0.3 is 0 Å². The van der Waals surface area contributed by atoms with Crippen LogP contribution in [0.25, 0.3) is 11.0 Å². The van der Waals surface area contributed by atoms with Gasteiger partial charge in [0, 0.05) is 24.3 Å². The molecule has 0 bridgehead atoms. The third-order valence-electron chi connectivity index (χ3n) is 3.43. The van der Waals surface area contributed by atoms with Crippen molar-refractivity contribution in [3.8, 4) is 0 Å². The minimum atomic E-state index is 0.465. The number of rotatable bonds is 4. The van der Waals surface area contributed by atoms with Crippen molar-refractivity contribution in [3.63, 3.8) is 0 Å². The van der Waals surface area contributed by atoms with E-state index >= 15 is 0 Å². The summed E-state index contributed by atoms with van der Waals surface area (Å²) in [5, 5.41) is 6.05. The van der Waals surface area contributed by atoms with Crippen molar-refractivity contribution in [1.29, 1.82) is 0 Å². The quantitative estimate of drug-likeness (QED) is 0.647. The lowest BCUT2D eigenvalue weighted by Crippen LogP contribution is -2.23. The summed E-state index contributed by atoms with van der Waals surface area (Å²) in [6.45, 7) is 1.49. The van der Waals surface area contributed by atoms with Gasteiger partial charge in [-0.1, -0.05) is 11.6 Å². The van der Waals surface area contributed by atoms with Gasteiger partial charge in [0.15, 0.2) is 5.65 Å². The van der Waals surface area contributed by atoms with E-state index in [9.17, 15) is 0 Å². The fraction of sp³-hybridized carbons (Fsp3) is 0.214. The van der Waals surface area contributed by atoms with Crippen molar-refractivity contribution in [1.82, 2.24) is 19.7 Å². The van der Waals surface area contributed by atoms with Gasteiger partial charge in [-0.05, 0) is 46.9 Å². The molecule has 2 heterocycles. The maximum absolute atomic E-state index is 5.91. The zero-order chi connectivity index (χ0) is 15.7. The molecule has 8 heteroatoms. The molecular formula is C14H14ClIN6. The fourth-order valence-electron chi connectivity index (χ4n) is 2.21. The highest BCUT2D eigenvalue weighted by atomic mass is 127. The molecule has 2 N–H and O–H groups in total. The molecule has 0 amide bonds. The maximum atomic E-state index is 5.91. The maximum Gasteiger partial charge on any atom is 0.164 e. The zero-order valence-electron chi connectivity index (χ0n) is 11.9. The molecule has 1 aromatic carbocycles. The van der Waals surface area contributed by atoms with E-state index in [2.05, 4.69) is 42.6 Å². The van der Waals surface area contributed by atoms with Crippen molar-refractivity contribution < 1.29 is 0 Å². The van der Waals surface area contributed by atoms with E-state index in [1.165, 1.54) is 6.33 Å². The molecule has 6 nitrogen and oxygen atoms in total. The van der Waals surface area contributed by atoms with E-state index < -0.39 is 0 Å². The van der Waals surface area contributed by atoms with Crippen LogP contribution in [0, 0.1) is 3.70 Å². The van der Waals surface area contributed by atoms with Crippen LogP contribution >= 0.6 is 34.2 Å². The monoisotopic (exact) mass is 428 g/mol. The number of benzene rings is 1. The van der Waals surface area contributed by atoms with Crippen molar-refractivity contribution in [2.75, 3.05) is 24.2 Å². The van der Waals surface area contributed by atoms with Gasteiger partial charge in [-0.3, -0.25) is 0 Å². The molecule has 2 aromatic heterocycles. The van der Waals surface area contributed by atoms with Gasteiger partial charge in [0.2, 0.25) is 0 Å². The largest absolute Gasteiger partial charge is 0.383 e. The Morgan fingerprint density at radius 2 is 2.00 bits per heavy atom. The normalized spacial score (nSPS) is 11.0. The predicted molar refractivity (Wildman–Crippen MR) is 97.2 cm³/mol. The van der Waals surface area contributed by atoms with E-state index in [0.717, 1.165) is 32.0 Å². The Balaban J connectivity index is 1.79. The predicted octanol–water partition coefficient (Wildman–Crippen LogP) is 2.80. The summed E-state index contributed by atoms with van der Waals surface area (Å²) in [7, 11) is 2.03. The lowest BCUT2D eigenvalue weighted by molar-refractivity contribution is 0.621. The average Bonchev–Trinajstić information content (AvgIpc) is 2.83.